The van der Waals surface area contributed by atoms with Gasteiger partial charge < -0.3 is 10.2 Å². The molecule has 0 amide bonds. The Labute approximate surface area is 121 Å². The molecule has 3 nitrogen and oxygen atoms in total. The Kier molecular flexibility index (Phi) is 3.88. The van der Waals surface area contributed by atoms with Gasteiger partial charge in [-0.1, -0.05) is 24.3 Å². The lowest BCUT2D eigenvalue weighted by Gasteiger charge is -2.20. The van der Waals surface area contributed by atoms with Gasteiger partial charge in [-0.25, -0.2) is 4.98 Å². The van der Waals surface area contributed by atoms with E-state index in [-0.39, 0.29) is 0 Å². The molecule has 0 bridgehead atoms. The molecule has 3 heteroatoms. The van der Waals surface area contributed by atoms with E-state index in [1.54, 1.807) is 0 Å². The highest BCUT2D eigenvalue weighted by Gasteiger charge is 2.23. The van der Waals surface area contributed by atoms with Crippen LogP contribution in [0.4, 0.5) is 5.82 Å². The minimum Gasteiger partial charge on any atom is -0.369 e. The van der Waals surface area contributed by atoms with E-state index >= 15 is 0 Å². The van der Waals surface area contributed by atoms with Gasteiger partial charge >= 0.3 is 0 Å². The summed E-state index contributed by atoms with van der Waals surface area (Å²) in [5, 5.41) is 6.02. The zero-order valence-corrected chi connectivity index (χ0v) is 12.3. The Balaban J connectivity index is 1.66. The van der Waals surface area contributed by atoms with Crippen molar-refractivity contribution in [2.75, 3.05) is 25.0 Å². The van der Waals surface area contributed by atoms with Crippen molar-refractivity contribution in [2.24, 2.45) is 5.92 Å². The number of rotatable bonds is 4. The van der Waals surface area contributed by atoms with Crippen LogP contribution in [0.25, 0.3) is 10.8 Å². The molecule has 1 saturated heterocycles. The SMILES string of the molecule is CC(C)N1CCC(CNc2nccc3ccccc23)C1. The van der Waals surface area contributed by atoms with Gasteiger partial charge in [-0.15, -0.1) is 0 Å². The normalized spacial score (nSPS) is 19.9. The molecular weight excluding hydrogens is 246 g/mol. The van der Waals surface area contributed by atoms with Gasteiger partial charge in [0.15, 0.2) is 0 Å². The molecule has 1 atom stereocenters. The Morgan fingerprint density at radius 2 is 2.15 bits per heavy atom. The zero-order chi connectivity index (χ0) is 13.9. The number of likely N-dealkylation sites (tertiary alicyclic amines) is 1. The Morgan fingerprint density at radius 1 is 1.30 bits per heavy atom. The first-order valence-electron chi connectivity index (χ1n) is 7.55. The van der Waals surface area contributed by atoms with Crippen LogP contribution in [0.5, 0.6) is 0 Å². The van der Waals surface area contributed by atoms with Gasteiger partial charge in [0.05, 0.1) is 0 Å². The van der Waals surface area contributed by atoms with Crippen LogP contribution in [-0.4, -0.2) is 35.6 Å². The Hall–Kier alpha value is -1.61. The van der Waals surface area contributed by atoms with Gasteiger partial charge in [-0.3, -0.25) is 0 Å². The highest BCUT2D eigenvalue weighted by Crippen LogP contribution is 2.23. The molecule has 1 aliphatic heterocycles. The summed E-state index contributed by atoms with van der Waals surface area (Å²) in [6.07, 6.45) is 3.18. The highest BCUT2D eigenvalue weighted by atomic mass is 15.2. The second-order valence-electron chi connectivity index (χ2n) is 6.00. The summed E-state index contributed by atoms with van der Waals surface area (Å²) in [5.74, 6) is 1.75. The number of fused-ring (bicyclic) bond motifs is 1. The molecule has 1 unspecified atom stereocenters. The Morgan fingerprint density at radius 3 is 2.95 bits per heavy atom. The fourth-order valence-corrected chi connectivity index (χ4v) is 3.00. The summed E-state index contributed by atoms with van der Waals surface area (Å²) >= 11 is 0. The number of hydrogen-bond donors (Lipinski definition) is 1. The third-order valence-electron chi connectivity index (χ3n) is 4.28. The number of pyridine rings is 1. The Bertz CT molecular complexity index is 574. The first kappa shape index (κ1) is 13.4. The van der Waals surface area contributed by atoms with Gasteiger partial charge in [-0.05, 0) is 44.2 Å². The second-order valence-corrected chi connectivity index (χ2v) is 6.00. The lowest BCUT2D eigenvalue weighted by atomic mass is 10.1. The fraction of sp³-hybridized carbons (Fsp3) is 0.471. The maximum Gasteiger partial charge on any atom is 0.133 e. The van der Waals surface area contributed by atoms with E-state index in [1.165, 1.54) is 30.3 Å². The van der Waals surface area contributed by atoms with Crippen molar-refractivity contribution in [3.8, 4) is 0 Å². The first-order valence-corrected chi connectivity index (χ1v) is 7.55. The van der Waals surface area contributed by atoms with Crippen LogP contribution in [0.2, 0.25) is 0 Å². The molecule has 0 radical (unpaired) electrons. The number of hydrogen-bond acceptors (Lipinski definition) is 3. The first-order chi connectivity index (χ1) is 9.74. The highest BCUT2D eigenvalue weighted by molar-refractivity contribution is 5.91. The van der Waals surface area contributed by atoms with Crippen molar-refractivity contribution in [1.29, 1.82) is 0 Å². The van der Waals surface area contributed by atoms with Crippen molar-refractivity contribution in [2.45, 2.75) is 26.3 Å². The van der Waals surface area contributed by atoms with Crippen molar-refractivity contribution in [1.82, 2.24) is 9.88 Å². The second kappa shape index (κ2) is 5.80. The van der Waals surface area contributed by atoms with E-state index in [4.69, 9.17) is 0 Å². The van der Waals surface area contributed by atoms with Gasteiger partial charge in [0, 0.05) is 30.7 Å². The quantitative estimate of drug-likeness (QED) is 0.922. The summed E-state index contributed by atoms with van der Waals surface area (Å²) in [7, 11) is 0. The predicted octanol–water partition coefficient (Wildman–Crippen LogP) is 3.38. The molecule has 0 spiro atoms. The fourth-order valence-electron chi connectivity index (χ4n) is 3.00. The minimum absolute atomic E-state index is 0.663. The minimum atomic E-state index is 0.663. The third kappa shape index (κ3) is 2.78. The molecular formula is C17H23N3. The molecule has 106 valence electrons. The summed E-state index contributed by atoms with van der Waals surface area (Å²) in [4.78, 5) is 7.06. The summed E-state index contributed by atoms with van der Waals surface area (Å²) < 4.78 is 0. The molecule has 2 heterocycles. The van der Waals surface area contributed by atoms with Gasteiger partial charge in [0.2, 0.25) is 0 Å². The van der Waals surface area contributed by atoms with Gasteiger partial charge in [0.1, 0.15) is 5.82 Å². The molecule has 0 saturated carbocycles. The summed E-state index contributed by atoms with van der Waals surface area (Å²) in [6, 6.07) is 11.2. The number of nitrogens with one attached hydrogen (secondary N) is 1. The van der Waals surface area contributed by atoms with Crippen molar-refractivity contribution >= 4 is 16.6 Å². The molecule has 2 aromatic rings. The van der Waals surface area contributed by atoms with E-state index in [2.05, 4.69) is 59.4 Å². The van der Waals surface area contributed by atoms with E-state index < -0.39 is 0 Å². The molecule has 0 aliphatic carbocycles. The summed E-state index contributed by atoms with van der Waals surface area (Å²) in [5.41, 5.74) is 0. The van der Waals surface area contributed by atoms with Crippen LogP contribution in [0.3, 0.4) is 0 Å². The topological polar surface area (TPSA) is 28.2 Å². The molecule has 1 N–H and O–H groups in total. The number of aromatic nitrogens is 1. The van der Waals surface area contributed by atoms with Crippen LogP contribution in [0, 0.1) is 5.92 Å². The van der Waals surface area contributed by atoms with E-state index in [0.29, 0.717) is 6.04 Å². The molecule has 3 rings (SSSR count). The van der Waals surface area contributed by atoms with E-state index in [1.807, 2.05) is 6.20 Å². The van der Waals surface area contributed by atoms with Crippen LogP contribution >= 0.6 is 0 Å². The van der Waals surface area contributed by atoms with Crippen LogP contribution in [0.1, 0.15) is 20.3 Å². The molecule has 20 heavy (non-hydrogen) atoms. The van der Waals surface area contributed by atoms with Crippen LogP contribution in [0.15, 0.2) is 36.5 Å². The molecule has 1 fully saturated rings. The number of benzene rings is 1. The smallest absolute Gasteiger partial charge is 0.133 e. The van der Waals surface area contributed by atoms with Crippen LogP contribution < -0.4 is 5.32 Å². The maximum absolute atomic E-state index is 4.50. The number of anilines is 1. The summed E-state index contributed by atoms with van der Waals surface area (Å²) in [6.45, 7) is 8.01. The van der Waals surface area contributed by atoms with Gasteiger partial charge in [0.25, 0.3) is 0 Å². The van der Waals surface area contributed by atoms with E-state index in [9.17, 15) is 0 Å². The van der Waals surface area contributed by atoms with Gasteiger partial charge in [-0.2, -0.15) is 0 Å². The monoisotopic (exact) mass is 269 g/mol. The lowest BCUT2D eigenvalue weighted by Crippen LogP contribution is -2.29. The standard InChI is InChI=1S/C17H23N3/c1-13(2)20-10-8-14(12-20)11-19-17-16-6-4-3-5-15(16)7-9-18-17/h3-7,9,13-14H,8,10-12H2,1-2H3,(H,18,19). The van der Waals surface area contributed by atoms with Crippen molar-refractivity contribution in [3.63, 3.8) is 0 Å². The van der Waals surface area contributed by atoms with E-state index in [0.717, 1.165) is 18.3 Å². The predicted molar refractivity (Wildman–Crippen MR) is 85.0 cm³/mol. The maximum atomic E-state index is 4.50. The number of nitrogens with zero attached hydrogens (tertiary/aromatic N) is 2. The van der Waals surface area contributed by atoms with Crippen molar-refractivity contribution < 1.29 is 0 Å². The average Bonchev–Trinajstić information content (AvgIpc) is 2.94. The largest absolute Gasteiger partial charge is 0.369 e. The van der Waals surface area contributed by atoms with Crippen LogP contribution in [-0.2, 0) is 0 Å². The van der Waals surface area contributed by atoms with Crippen molar-refractivity contribution in [3.05, 3.63) is 36.5 Å². The molecule has 1 aliphatic rings. The lowest BCUT2D eigenvalue weighted by molar-refractivity contribution is 0.266. The average molecular weight is 269 g/mol. The molecule has 1 aromatic carbocycles. The third-order valence-corrected chi connectivity index (χ3v) is 4.28. The molecule has 1 aromatic heterocycles. The zero-order valence-electron chi connectivity index (χ0n) is 12.3.